The number of piperidine rings is 1. The van der Waals surface area contributed by atoms with Gasteiger partial charge >= 0.3 is 0 Å². The van der Waals surface area contributed by atoms with E-state index < -0.39 is 5.82 Å². The van der Waals surface area contributed by atoms with Crippen LogP contribution in [0.25, 0.3) is 0 Å². The van der Waals surface area contributed by atoms with E-state index in [1.807, 2.05) is 0 Å². The maximum absolute atomic E-state index is 13.2. The Kier molecular flexibility index (Phi) is 3.95. The second kappa shape index (κ2) is 5.73. The number of carbonyl (C=O) groups is 2. The van der Waals surface area contributed by atoms with Gasteiger partial charge in [0.2, 0.25) is 5.91 Å². The van der Waals surface area contributed by atoms with Crippen LogP contribution in [0.1, 0.15) is 25.7 Å². The monoisotopic (exact) mass is 310 g/mol. The summed E-state index contributed by atoms with van der Waals surface area (Å²) >= 11 is 5.74. The number of carbonyl (C=O) groups excluding carboxylic acids is 2. The Morgan fingerprint density at radius 2 is 1.86 bits per heavy atom. The molecule has 112 valence electrons. The highest BCUT2D eigenvalue weighted by atomic mass is 35.5. The molecule has 0 aliphatic carbocycles. The molecule has 1 aromatic carbocycles. The van der Waals surface area contributed by atoms with Gasteiger partial charge < -0.3 is 0 Å². The van der Waals surface area contributed by atoms with Gasteiger partial charge in [0.25, 0.3) is 5.91 Å². The Balaban J connectivity index is 1.84. The number of halogens is 2. The lowest BCUT2D eigenvalue weighted by atomic mass is 10.1. The fraction of sp³-hybridized carbons (Fsp3) is 0.467. The number of hydrogen-bond acceptors (Lipinski definition) is 3. The standard InChI is InChI=1S/C15H16ClFN2O2/c16-11-8-10(4-5-12(11)17)19-14(20)9-13(15(19)21)18-6-2-1-3-7-18/h4-5,8,13H,1-3,6-7,9H2. The SMILES string of the molecule is O=C1CC(N2CCCCC2)C(=O)N1c1ccc(F)c(Cl)c1. The van der Waals surface area contributed by atoms with Gasteiger partial charge in [0, 0.05) is 0 Å². The lowest BCUT2D eigenvalue weighted by Crippen LogP contribution is -2.44. The zero-order valence-electron chi connectivity index (χ0n) is 11.5. The lowest BCUT2D eigenvalue weighted by Gasteiger charge is -2.30. The molecule has 0 saturated carbocycles. The molecule has 0 bridgehead atoms. The highest BCUT2D eigenvalue weighted by Crippen LogP contribution is 2.29. The van der Waals surface area contributed by atoms with Crippen molar-refractivity contribution >= 4 is 29.1 Å². The van der Waals surface area contributed by atoms with Crippen LogP contribution in [0.4, 0.5) is 10.1 Å². The van der Waals surface area contributed by atoms with E-state index in [9.17, 15) is 14.0 Å². The van der Waals surface area contributed by atoms with Crippen LogP contribution in [0.2, 0.25) is 5.02 Å². The first-order chi connectivity index (χ1) is 10.1. The molecule has 2 aliphatic heterocycles. The third-order valence-corrected chi connectivity index (χ3v) is 4.41. The van der Waals surface area contributed by atoms with E-state index in [4.69, 9.17) is 11.6 Å². The molecular weight excluding hydrogens is 295 g/mol. The van der Waals surface area contributed by atoms with Crippen molar-refractivity contribution < 1.29 is 14.0 Å². The van der Waals surface area contributed by atoms with Crippen molar-refractivity contribution in [1.29, 1.82) is 0 Å². The largest absolute Gasteiger partial charge is 0.292 e. The minimum absolute atomic E-state index is 0.0884. The van der Waals surface area contributed by atoms with Gasteiger partial charge in [0.05, 0.1) is 23.2 Å². The van der Waals surface area contributed by atoms with Crippen molar-refractivity contribution in [2.24, 2.45) is 0 Å². The zero-order chi connectivity index (χ0) is 15.0. The summed E-state index contributed by atoms with van der Waals surface area (Å²) in [6.07, 6.45) is 3.47. The molecule has 2 heterocycles. The maximum Gasteiger partial charge on any atom is 0.251 e. The van der Waals surface area contributed by atoms with Crippen LogP contribution in [0.5, 0.6) is 0 Å². The van der Waals surface area contributed by atoms with Crippen LogP contribution in [0.15, 0.2) is 18.2 Å². The van der Waals surface area contributed by atoms with Crippen molar-refractivity contribution in [1.82, 2.24) is 4.90 Å². The molecule has 2 amide bonds. The first kappa shape index (κ1) is 14.5. The summed E-state index contributed by atoms with van der Waals surface area (Å²) in [5.74, 6) is -1.05. The third kappa shape index (κ3) is 2.68. The fourth-order valence-corrected chi connectivity index (χ4v) is 3.20. The number of likely N-dealkylation sites (tertiary alicyclic amines) is 1. The molecule has 0 N–H and O–H groups in total. The molecule has 2 fully saturated rings. The molecule has 3 rings (SSSR count). The number of rotatable bonds is 2. The topological polar surface area (TPSA) is 40.6 Å². The van der Waals surface area contributed by atoms with Crippen LogP contribution in [-0.4, -0.2) is 35.8 Å². The van der Waals surface area contributed by atoms with Crippen molar-refractivity contribution in [3.05, 3.63) is 29.0 Å². The van der Waals surface area contributed by atoms with Crippen LogP contribution in [0.3, 0.4) is 0 Å². The molecule has 2 aliphatic rings. The summed E-state index contributed by atoms with van der Waals surface area (Å²) in [6.45, 7) is 1.70. The van der Waals surface area contributed by atoms with Crippen LogP contribution in [-0.2, 0) is 9.59 Å². The molecule has 1 aromatic rings. The molecule has 1 atom stereocenters. The van der Waals surface area contributed by atoms with E-state index in [1.54, 1.807) is 0 Å². The van der Waals surface area contributed by atoms with Gasteiger partial charge in [0.15, 0.2) is 0 Å². The van der Waals surface area contributed by atoms with E-state index in [1.165, 1.54) is 24.6 Å². The Bertz CT molecular complexity index is 587. The average molecular weight is 311 g/mol. The Hall–Kier alpha value is -1.46. The van der Waals surface area contributed by atoms with E-state index >= 15 is 0 Å². The van der Waals surface area contributed by atoms with Gasteiger partial charge in [-0.3, -0.25) is 14.5 Å². The average Bonchev–Trinajstić information content (AvgIpc) is 2.78. The molecule has 1 unspecified atom stereocenters. The van der Waals surface area contributed by atoms with Gasteiger partial charge in [0.1, 0.15) is 5.82 Å². The Labute approximate surface area is 127 Å². The number of amides is 2. The number of anilines is 1. The van der Waals surface area contributed by atoms with Gasteiger partial charge in [-0.15, -0.1) is 0 Å². The van der Waals surface area contributed by atoms with E-state index in [2.05, 4.69) is 4.90 Å². The summed E-state index contributed by atoms with van der Waals surface area (Å²) in [6, 6.07) is 3.52. The van der Waals surface area contributed by atoms with E-state index in [-0.39, 0.29) is 29.3 Å². The first-order valence-corrected chi connectivity index (χ1v) is 7.51. The molecule has 0 aromatic heterocycles. The second-order valence-corrected chi connectivity index (χ2v) is 5.89. The molecule has 4 nitrogen and oxygen atoms in total. The van der Waals surface area contributed by atoms with Gasteiger partial charge in [-0.2, -0.15) is 0 Å². The molecule has 21 heavy (non-hydrogen) atoms. The minimum Gasteiger partial charge on any atom is -0.292 e. The Morgan fingerprint density at radius 3 is 2.52 bits per heavy atom. The summed E-state index contributed by atoms with van der Waals surface area (Å²) in [5, 5.41) is -0.0884. The quantitative estimate of drug-likeness (QED) is 0.788. The summed E-state index contributed by atoms with van der Waals surface area (Å²) in [5.41, 5.74) is 0.343. The summed E-state index contributed by atoms with van der Waals surface area (Å²) in [4.78, 5) is 27.9. The predicted octanol–water partition coefficient (Wildman–Crippen LogP) is 2.60. The lowest BCUT2D eigenvalue weighted by molar-refractivity contribution is -0.123. The van der Waals surface area contributed by atoms with Gasteiger partial charge in [-0.25, -0.2) is 9.29 Å². The number of imide groups is 1. The molecular formula is C15H16ClFN2O2. The smallest absolute Gasteiger partial charge is 0.251 e. The fourth-order valence-electron chi connectivity index (χ4n) is 3.03. The zero-order valence-corrected chi connectivity index (χ0v) is 12.3. The molecule has 2 saturated heterocycles. The highest BCUT2D eigenvalue weighted by Gasteiger charge is 2.42. The predicted molar refractivity (Wildman–Crippen MR) is 77.7 cm³/mol. The maximum atomic E-state index is 13.2. The highest BCUT2D eigenvalue weighted by molar-refractivity contribution is 6.31. The van der Waals surface area contributed by atoms with Crippen LogP contribution in [0, 0.1) is 5.82 Å². The van der Waals surface area contributed by atoms with Gasteiger partial charge in [-0.05, 0) is 44.1 Å². The van der Waals surface area contributed by atoms with Crippen molar-refractivity contribution in [3.63, 3.8) is 0 Å². The summed E-state index contributed by atoms with van der Waals surface area (Å²) in [7, 11) is 0. The van der Waals surface area contributed by atoms with Crippen LogP contribution >= 0.6 is 11.6 Å². The van der Waals surface area contributed by atoms with E-state index in [0.29, 0.717) is 5.69 Å². The molecule has 6 heteroatoms. The number of nitrogens with zero attached hydrogens (tertiary/aromatic N) is 2. The molecule has 0 radical (unpaired) electrons. The number of benzene rings is 1. The summed E-state index contributed by atoms with van der Waals surface area (Å²) < 4.78 is 13.2. The minimum atomic E-state index is -0.563. The van der Waals surface area contributed by atoms with Crippen LogP contribution < -0.4 is 4.90 Å². The van der Waals surface area contributed by atoms with Crippen molar-refractivity contribution in [2.75, 3.05) is 18.0 Å². The third-order valence-electron chi connectivity index (χ3n) is 4.12. The number of hydrogen-bond donors (Lipinski definition) is 0. The van der Waals surface area contributed by atoms with Gasteiger partial charge in [-0.1, -0.05) is 18.0 Å². The first-order valence-electron chi connectivity index (χ1n) is 7.14. The van der Waals surface area contributed by atoms with Crippen molar-refractivity contribution in [2.45, 2.75) is 31.7 Å². The Morgan fingerprint density at radius 1 is 1.14 bits per heavy atom. The normalized spacial score (nSPS) is 23.9. The van der Waals surface area contributed by atoms with Crippen molar-refractivity contribution in [3.8, 4) is 0 Å². The molecule has 0 spiro atoms. The van der Waals surface area contributed by atoms with E-state index in [0.717, 1.165) is 30.8 Å². The second-order valence-electron chi connectivity index (χ2n) is 5.48.